The number of aromatic nitrogens is 4. The van der Waals surface area contributed by atoms with Gasteiger partial charge in [-0.05, 0) is 33.6 Å². The van der Waals surface area contributed by atoms with Crippen molar-refractivity contribution in [3.05, 3.63) is 6.33 Å². The summed E-state index contributed by atoms with van der Waals surface area (Å²) in [4.78, 5) is 25.5. The summed E-state index contributed by atoms with van der Waals surface area (Å²) in [5.41, 5.74) is 6.49. The molecule has 9 heteroatoms. The number of methoxy groups -OCH3 is 1. The van der Waals surface area contributed by atoms with E-state index in [0.29, 0.717) is 23.6 Å². The van der Waals surface area contributed by atoms with E-state index in [-0.39, 0.29) is 22.6 Å². The molecule has 0 radical (unpaired) electrons. The fourth-order valence-corrected chi connectivity index (χ4v) is 3.40. The van der Waals surface area contributed by atoms with E-state index < -0.39 is 5.60 Å². The standard InChI is InChI=1S/C17H27N6O3/c1-17(2,3)26-16(24)23(4)8-6-7-11(9-23)22-10-19-12-13(22)20-15(18)21-14(12)25-5/h10-11H,6-9H2,1-5H3,(H2,18,20,21)/q+1/t11-,23?/m0/s1. The number of carbonyl (C=O) groups is 1. The molecule has 2 aromatic rings. The third-order valence-electron chi connectivity index (χ3n) is 4.63. The second kappa shape index (κ2) is 6.39. The Kier molecular flexibility index (Phi) is 4.51. The molecule has 2 N–H and O–H groups in total. The number of nitrogens with two attached hydrogens (primary N) is 1. The van der Waals surface area contributed by atoms with Gasteiger partial charge in [-0.25, -0.2) is 9.47 Å². The lowest BCUT2D eigenvalue weighted by atomic mass is 10.0. The summed E-state index contributed by atoms with van der Waals surface area (Å²) in [6, 6.07) is 0.0604. The Bertz CT molecular complexity index is 828. The maximum atomic E-state index is 12.7. The highest BCUT2D eigenvalue weighted by atomic mass is 16.6. The zero-order chi connectivity index (χ0) is 19.1. The van der Waals surface area contributed by atoms with Gasteiger partial charge in [-0.15, -0.1) is 0 Å². The molecule has 1 saturated heterocycles. The zero-order valence-electron chi connectivity index (χ0n) is 16.0. The van der Waals surface area contributed by atoms with Gasteiger partial charge in [0, 0.05) is 0 Å². The highest BCUT2D eigenvalue weighted by molar-refractivity contribution is 5.77. The van der Waals surface area contributed by atoms with Gasteiger partial charge in [0.1, 0.15) is 12.1 Å². The second-order valence-corrected chi connectivity index (χ2v) is 7.99. The minimum absolute atomic E-state index is 0.0604. The first-order chi connectivity index (χ1) is 12.1. The lowest BCUT2D eigenvalue weighted by molar-refractivity contribution is -0.846. The molecule has 0 spiro atoms. The molecule has 142 valence electrons. The molecule has 2 aromatic heterocycles. The molecule has 3 heterocycles. The van der Waals surface area contributed by atoms with Gasteiger partial charge in [0.15, 0.2) is 11.2 Å². The molecule has 1 amide bonds. The van der Waals surface area contributed by atoms with Crippen LogP contribution in [0.5, 0.6) is 5.88 Å². The summed E-state index contributed by atoms with van der Waals surface area (Å²) in [6.07, 6.45) is 3.33. The first-order valence-corrected chi connectivity index (χ1v) is 8.75. The van der Waals surface area contributed by atoms with Gasteiger partial charge in [0.2, 0.25) is 11.8 Å². The van der Waals surface area contributed by atoms with Crippen LogP contribution in [0.2, 0.25) is 0 Å². The number of carbonyl (C=O) groups excluding carboxylic acids is 1. The molecular formula is C17H27N6O3+. The number of nitrogen functional groups attached to an aromatic ring is 1. The smallest absolute Gasteiger partial charge is 0.479 e. The predicted molar refractivity (Wildman–Crippen MR) is 96.7 cm³/mol. The summed E-state index contributed by atoms with van der Waals surface area (Å²) in [6.45, 7) is 7.00. The van der Waals surface area contributed by atoms with Gasteiger partial charge >= 0.3 is 6.09 Å². The first kappa shape index (κ1) is 18.4. The van der Waals surface area contributed by atoms with Crippen LogP contribution in [-0.4, -0.2) is 62.9 Å². The van der Waals surface area contributed by atoms with E-state index in [9.17, 15) is 4.79 Å². The Labute approximate surface area is 152 Å². The Morgan fingerprint density at radius 3 is 2.77 bits per heavy atom. The predicted octanol–water partition coefficient (Wildman–Crippen LogP) is 2.13. The number of fused-ring (bicyclic) bond motifs is 1. The summed E-state index contributed by atoms with van der Waals surface area (Å²) < 4.78 is 13.1. The first-order valence-electron chi connectivity index (χ1n) is 8.75. The van der Waals surface area contributed by atoms with Crippen LogP contribution in [0.1, 0.15) is 39.7 Å². The molecular weight excluding hydrogens is 336 g/mol. The van der Waals surface area contributed by atoms with Crippen molar-refractivity contribution in [2.24, 2.45) is 0 Å². The molecule has 1 unspecified atom stereocenters. The SMILES string of the molecule is COc1nc(N)nc2c1ncn2[C@H]1CCC[N+](C)(C(=O)OC(C)(C)C)C1. The Morgan fingerprint density at radius 1 is 1.38 bits per heavy atom. The van der Waals surface area contributed by atoms with Crippen molar-refractivity contribution in [3.63, 3.8) is 0 Å². The highest BCUT2D eigenvalue weighted by Gasteiger charge is 2.42. The van der Waals surface area contributed by atoms with Crippen LogP contribution in [0.3, 0.4) is 0 Å². The maximum Gasteiger partial charge on any atom is 0.516 e. The number of likely N-dealkylation sites (N-methyl/N-ethyl adjacent to an activating group) is 1. The Hall–Kier alpha value is -2.42. The number of hydrogen-bond donors (Lipinski definition) is 1. The number of anilines is 1. The van der Waals surface area contributed by atoms with E-state index >= 15 is 0 Å². The number of amides is 1. The monoisotopic (exact) mass is 363 g/mol. The largest absolute Gasteiger partial charge is 0.516 e. The van der Waals surface area contributed by atoms with Crippen LogP contribution < -0.4 is 10.5 Å². The third kappa shape index (κ3) is 3.44. The molecule has 0 saturated carbocycles. The molecule has 0 aliphatic carbocycles. The fourth-order valence-electron chi connectivity index (χ4n) is 3.40. The van der Waals surface area contributed by atoms with Crippen LogP contribution in [0, 0.1) is 0 Å². The van der Waals surface area contributed by atoms with Crippen molar-refractivity contribution in [2.75, 3.05) is 33.0 Å². The zero-order valence-corrected chi connectivity index (χ0v) is 16.0. The lowest BCUT2D eigenvalue weighted by Crippen LogP contribution is -2.56. The van der Waals surface area contributed by atoms with Gasteiger partial charge in [0.05, 0.1) is 33.1 Å². The van der Waals surface area contributed by atoms with Crippen molar-refractivity contribution in [3.8, 4) is 5.88 Å². The van der Waals surface area contributed by atoms with Crippen molar-refractivity contribution in [1.29, 1.82) is 0 Å². The number of piperidine rings is 1. The minimum atomic E-state index is -0.512. The normalized spacial score (nSPS) is 23.8. The molecule has 0 bridgehead atoms. The minimum Gasteiger partial charge on any atom is -0.479 e. The number of quaternary nitrogens is 1. The number of hydrogen-bond acceptors (Lipinski definition) is 7. The summed E-state index contributed by atoms with van der Waals surface area (Å²) >= 11 is 0. The van der Waals surface area contributed by atoms with Crippen molar-refractivity contribution < 1.29 is 18.8 Å². The van der Waals surface area contributed by atoms with E-state index in [4.69, 9.17) is 15.2 Å². The molecule has 2 atom stereocenters. The van der Waals surface area contributed by atoms with Crippen molar-refractivity contribution in [2.45, 2.75) is 45.3 Å². The highest BCUT2D eigenvalue weighted by Crippen LogP contribution is 2.31. The lowest BCUT2D eigenvalue weighted by Gasteiger charge is -2.39. The molecule has 3 rings (SSSR count). The average Bonchev–Trinajstić information content (AvgIpc) is 2.96. The van der Waals surface area contributed by atoms with E-state index in [1.54, 1.807) is 6.33 Å². The number of imidazole rings is 1. The molecule has 26 heavy (non-hydrogen) atoms. The topological polar surface area (TPSA) is 105 Å². The average molecular weight is 363 g/mol. The van der Waals surface area contributed by atoms with Crippen LogP contribution in [0.25, 0.3) is 11.2 Å². The number of rotatable bonds is 2. The molecule has 0 aromatic carbocycles. The van der Waals surface area contributed by atoms with Crippen molar-refractivity contribution >= 4 is 23.2 Å². The summed E-state index contributed by atoms with van der Waals surface area (Å²) in [5, 5.41) is 0. The van der Waals surface area contributed by atoms with Crippen molar-refractivity contribution in [1.82, 2.24) is 19.5 Å². The molecule has 1 aliphatic heterocycles. The van der Waals surface area contributed by atoms with Crippen LogP contribution in [-0.2, 0) is 4.74 Å². The summed E-state index contributed by atoms with van der Waals surface area (Å²) in [7, 11) is 3.45. The molecule has 1 fully saturated rings. The maximum absolute atomic E-state index is 12.7. The molecule has 9 nitrogen and oxygen atoms in total. The fraction of sp³-hybridized carbons (Fsp3) is 0.647. The van der Waals surface area contributed by atoms with E-state index in [1.807, 2.05) is 32.4 Å². The van der Waals surface area contributed by atoms with Crippen LogP contribution >= 0.6 is 0 Å². The molecule has 1 aliphatic rings. The van der Waals surface area contributed by atoms with E-state index in [0.717, 1.165) is 19.4 Å². The quantitative estimate of drug-likeness (QED) is 0.815. The van der Waals surface area contributed by atoms with E-state index in [1.165, 1.54) is 7.11 Å². The van der Waals surface area contributed by atoms with Gasteiger partial charge in [0.25, 0.3) is 0 Å². The number of likely N-dealkylation sites (tertiary alicyclic amines) is 1. The Balaban J connectivity index is 1.92. The van der Waals surface area contributed by atoms with Crippen LogP contribution in [0.4, 0.5) is 10.7 Å². The van der Waals surface area contributed by atoms with Gasteiger partial charge < -0.3 is 19.8 Å². The second-order valence-electron chi connectivity index (χ2n) is 7.99. The van der Waals surface area contributed by atoms with Gasteiger partial charge in [-0.3, -0.25) is 0 Å². The van der Waals surface area contributed by atoms with Gasteiger partial charge in [-0.2, -0.15) is 14.8 Å². The third-order valence-corrected chi connectivity index (χ3v) is 4.63. The number of ether oxygens (including phenoxy) is 2. The van der Waals surface area contributed by atoms with Gasteiger partial charge in [-0.1, -0.05) is 0 Å². The Morgan fingerprint density at radius 2 is 2.12 bits per heavy atom. The number of nitrogens with zero attached hydrogens (tertiary/aromatic N) is 5. The summed E-state index contributed by atoms with van der Waals surface area (Å²) in [5.74, 6) is 0.489. The van der Waals surface area contributed by atoms with E-state index in [2.05, 4.69) is 15.0 Å². The van der Waals surface area contributed by atoms with Crippen LogP contribution in [0.15, 0.2) is 6.33 Å².